The van der Waals surface area contributed by atoms with Gasteiger partial charge in [0.05, 0.1) is 10.0 Å². The van der Waals surface area contributed by atoms with Gasteiger partial charge in [-0.15, -0.1) is 0 Å². The topological polar surface area (TPSA) is 112 Å². The van der Waals surface area contributed by atoms with Gasteiger partial charge in [-0.3, -0.25) is 9.59 Å². The fourth-order valence-corrected chi connectivity index (χ4v) is 2.96. The van der Waals surface area contributed by atoms with Crippen LogP contribution < -0.4 is 15.8 Å². The number of halogens is 2. The molecule has 3 N–H and O–H groups in total. The minimum absolute atomic E-state index is 0.00374. The third kappa shape index (κ3) is 5.71. The molecule has 0 fully saturated rings. The number of benzene rings is 2. The van der Waals surface area contributed by atoms with Crippen LogP contribution in [0.2, 0.25) is 10.0 Å². The van der Waals surface area contributed by atoms with E-state index in [9.17, 15) is 9.59 Å². The van der Waals surface area contributed by atoms with Gasteiger partial charge in [0.15, 0.2) is 12.4 Å². The standard InChI is InChI=1S/C20H19Cl2N5O3/c1-12-25-20(14-4-7-16(21)17(22)8-14)27(26-12)10-19(29)24-9-13-2-5-15(6-3-13)30-11-18(23)28/h2-8H,9-11H2,1H3,(H2,23,28)(H,24,29). The molecule has 0 aliphatic rings. The number of hydrogen-bond acceptors (Lipinski definition) is 5. The number of aryl methyl sites for hydroxylation is 1. The summed E-state index contributed by atoms with van der Waals surface area (Å²) in [6.45, 7) is 1.88. The van der Waals surface area contributed by atoms with E-state index >= 15 is 0 Å². The van der Waals surface area contributed by atoms with E-state index < -0.39 is 5.91 Å². The van der Waals surface area contributed by atoms with Gasteiger partial charge in [-0.2, -0.15) is 5.10 Å². The largest absolute Gasteiger partial charge is 0.484 e. The molecule has 30 heavy (non-hydrogen) atoms. The summed E-state index contributed by atoms with van der Waals surface area (Å²) in [5.74, 6) is 0.811. The smallest absolute Gasteiger partial charge is 0.255 e. The molecule has 0 radical (unpaired) electrons. The molecule has 3 rings (SSSR count). The van der Waals surface area contributed by atoms with Crippen LogP contribution in [0.3, 0.4) is 0 Å². The Bertz CT molecular complexity index is 1070. The number of aromatic nitrogens is 3. The van der Waals surface area contributed by atoms with Gasteiger partial charge in [-0.05, 0) is 42.8 Å². The van der Waals surface area contributed by atoms with E-state index in [1.54, 1.807) is 49.4 Å². The Morgan fingerprint density at radius 1 is 1.13 bits per heavy atom. The summed E-state index contributed by atoms with van der Waals surface area (Å²) in [5.41, 5.74) is 6.62. The number of carbonyl (C=O) groups is 2. The Balaban J connectivity index is 1.61. The van der Waals surface area contributed by atoms with Gasteiger partial charge >= 0.3 is 0 Å². The van der Waals surface area contributed by atoms with E-state index in [0.717, 1.165) is 5.56 Å². The SMILES string of the molecule is Cc1nc(-c2ccc(Cl)c(Cl)c2)n(CC(=O)NCc2ccc(OCC(N)=O)cc2)n1. The molecular weight excluding hydrogens is 429 g/mol. The summed E-state index contributed by atoms with van der Waals surface area (Å²) < 4.78 is 6.72. The maximum atomic E-state index is 12.4. The normalized spacial score (nSPS) is 10.6. The van der Waals surface area contributed by atoms with Crippen LogP contribution in [0.4, 0.5) is 0 Å². The van der Waals surface area contributed by atoms with E-state index in [4.69, 9.17) is 33.7 Å². The minimum Gasteiger partial charge on any atom is -0.484 e. The van der Waals surface area contributed by atoms with Crippen molar-refractivity contribution in [3.8, 4) is 17.1 Å². The molecule has 3 aromatic rings. The molecule has 1 aromatic heterocycles. The first-order chi connectivity index (χ1) is 14.3. The highest BCUT2D eigenvalue weighted by Crippen LogP contribution is 2.27. The molecule has 0 bridgehead atoms. The number of hydrogen-bond donors (Lipinski definition) is 2. The lowest BCUT2D eigenvalue weighted by molar-refractivity contribution is -0.122. The summed E-state index contributed by atoms with van der Waals surface area (Å²) in [5, 5.41) is 7.96. The molecule has 1 heterocycles. The first kappa shape index (κ1) is 21.6. The lowest BCUT2D eigenvalue weighted by atomic mass is 10.2. The van der Waals surface area contributed by atoms with Gasteiger partial charge in [0.1, 0.15) is 18.1 Å². The van der Waals surface area contributed by atoms with Crippen LogP contribution >= 0.6 is 23.2 Å². The zero-order chi connectivity index (χ0) is 21.7. The van der Waals surface area contributed by atoms with Crippen molar-refractivity contribution >= 4 is 35.0 Å². The predicted molar refractivity (Wildman–Crippen MR) is 113 cm³/mol. The third-order valence-electron chi connectivity index (χ3n) is 4.04. The van der Waals surface area contributed by atoms with Crippen LogP contribution in [0.15, 0.2) is 42.5 Å². The fourth-order valence-electron chi connectivity index (χ4n) is 2.66. The van der Waals surface area contributed by atoms with E-state index in [-0.39, 0.29) is 19.1 Å². The van der Waals surface area contributed by atoms with Gasteiger partial charge in [0, 0.05) is 12.1 Å². The van der Waals surface area contributed by atoms with Crippen molar-refractivity contribution in [2.45, 2.75) is 20.0 Å². The number of rotatable bonds is 8. The highest BCUT2D eigenvalue weighted by molar-refractivity contribution is 6.42. The molecule has 0 aliphatic carbocycles. The van der Waals surface area contributed by atoms with E-state index in [0.29, 0.717) is 39.6 Å². The summed E-state index contributed by atoms with van der Waals surface area (Å²) >= 11 is 12.1. The quantitative estimate of drug-likeness (QED) is 0.551. The van der Waals surface area contributed by atoms with E-state index in [1.165, 1.54) is 4.68 Å². The molecule has 2 aromatic carbocycles. The Labute approximate surface area is 182 Å². The second-order valence-corrected chi connectivity index (χ2v) is 7.26. The number of nitrogens with two attached hydrogens (primary N) is 1. The Kier molecular flexibility index (Phi) is 6.91. The lowest BCUT2D eigenvalue weighted by Gasteiger charge is -2.09. The van der Waals surface area contributed by atoms with E-state index in [1.807, 2.05) is 0 Å². The molecule has 10 heteroatoms. The average molecular weight is 448 g/mol. The second-order valence-electron chi connectivity index (χ2n) is 6.44. The molecule has 0 unspecified atom stereocenters. The lowest BCUT2D eigenvalue weighted by Crippen LogP contribution is -2.27. The zero-order valence-electron chi connectivity index (χ0n) is 16.1. The average Bonchev–Trinajstić information content (AvgIpc) is 3.07. The van der Waals surface area contributed by atoms with Crippen molar-refractivity contribution in [3.05, 3.63) is 63.9 Å². The third-order valence-corrected chi connectivity index (χ3v) is 4.78. The van der Waals surface area contributed by atoms with Crippen molar-refractivity contribution in [2.24, 2.45) is 5.73 Å². The van der Waals surface area contributed by atoms with Gasteiger partial charge in [-0.25, -0.2) is 9.67 Å². The van der Waals surface area contributed by atoms with Crippen molar-refractivity contribution in [1.82, 2.24) is 20.1 Å². The minimum atomic E-state index is -0.546. The fraction of sp³-hybridized carbons (Fsp3) is 0.200. The maximum absolute atomic E-state index is 12.4. The molecule has 156 valence electrons. The number of amides is 2. The van der Waals surface area contributed by atoms with Crippen LogP contribution in [0.5, 0.6) is 5.75 Å². The van der Waals surface area contributed by atoms with Crippen molar-refractivity contribution in [3.63, 3.8) is 0 Å². The van der Waals surface area contributed by atoms with Gasteiger partial charge in [0.2, 0.25) is 5.91 Å². The number of carbonyl (C=O) groups excluding carboxylic acids is 2. The van der Waals surface area contributed by atoms with Gasteiger partial charge in [-0.1, -0.05) is 35.3 Å². The summed E-state index contributed by atoms with van der Waals surface area (Å²) in [6.07, 6.45) is 0. The summed E-state index contributed by atoms with van der Waals surface area (Å²) in [6, 6.07) is 12.1. The molecular formula is C20H19Cl2N5O3. The Morgan fingerprint density at radius 2 is 1.87 bits per heavy atom. The first-order valence-corrected chi connectivity index (χ1v) is 9.71. The highest BCUT2D eigenvalue weighted by Gasteiger charge is 2.14. The maximum Gasteiger partial charge on any atom is 0.255 e. The van der Waals surface area contributed by atoms with Crippen molar-refractivity contribution in [1.29, 1.82) is 0 Å². The van der Waals surface area contributed by atoms with Gasteiger partial charge in [0.25, 0.3) is 5.91 Å². The molecule has 0 spiro atoms. The summed E-state index contributed by atoms with van der Waals surface area (Å²) in [7, 11) is 0. The van der Waals surface area contributed by atoms with E-state index in [2.05, 4.69) is 15.4 Å². The molecule has 2 amide bonds. The first-order valence-electron chi connectivity index (χ1n) is 8.95. The van der Waals surface area contributed by atoms with Crippen molar-refractivity contribution < 1.29 is 14.3 Å². The predicted octanol–water partition coefficient (Wildman–Crippen LogP) is 2.74. The zero-order valence-corrected chi connectivity index (χ0v) is 17.6. The molecule has 0 saturated carbocycles. The van der Waals surface area contributed by atoms with Crippen LogP contribution in [-0.2, 0) is 22.7 Å². The second kappa shape index (κ2) is 9.60. The van der Waals surface area contributed by atoms with Crippen molar-refractivity contribution in [2.75, 3.05) is 6.61 Å². The van der Waals surface area contributed by atoms with Crippen LogP contribution in [0.25, 0.3) is 11.4 Å². The van der Waals surface area contributed by atoms with Gasteiger partial charge < -0.3 is 15.8 Å². The monoisotopic (exact) mass is 447 g/mol. The number of primary amides is 1. The molecule has 8 nitrogen and oxygen atoms in total. The molecule has 0 atom stereocenters. The van der Waals surface area contributed by atoms with Crippen LogP contribution in [0.1, 0.15) is 11.4 Å². The highest BCUT2D eigenvalue weighted by atomic mass is 35.5. The molecule has 0 saturated heterocycles. The number of nitrogens with zero attached hydrogens (tertiary/aromatic N) is 3. The molecule has 0 aliphatic heterocycles. The number of nitrogens with one attached hydrogen (secondary N) is 1. The Morgan fingerprint density at radius 3 is 2.53 bits per heavy atom. The van der Waals surface area contributed by atoms with Crippen LogP contribution in [0, 0.1) is 6.92 Å². The van der Waals surface area contributed by atoms with Crippen LogP contribution in [-0.4, -0.2) is 33.2 Å². The summed E-state index contributed by atoms with van der Waals surface area (Å²) in [4.78, 5) is 27.5. The number of ether oxygens (including phenoxy) is 1. The Hall–Kier alpha value is -3.10.